The van der Waals surface area contributed by atoms with Gasteiger partial charge in [-0.2, -0.15) is 0 Å². The Labute approximate surface area is 200 Å². The number of nitrogens with one attached hydrogen (secondary N) is 2. The Bertz CT molecular complexity index is 602. The molecule has 1 aromatic heterocycles. The normalized spacial score (nSPS) is 16.3. The van der Waals surface area contributed by atoms with Crippen molar-refractivity contribution in [3.05, 3.63) is 23.9 Å². The molecular formula is C22H41IN6O. The Hall–Kier alpha value is -1.13. The van der Waals surface area contributed by atoms with Crippen molar-refractivity contribution in [1.82, 2.24) is 20.5 Å². The first-order valence-electron chi connectivity index (χ1n) is 11.1. The number of guanidine groups is 1. The fourth-order valence-corrected chi connectivity index (χ4v) is 3.56. The van der Waals surface area contributed by atoms with E-state index in [2.05, 4.69) is 63.3 Å². The minimum Gasteiger partial charge on any atom is -0.378 e. The minimum absolute atomic E-state index is 0. The number of aliphatic imine (C=N–C) groups is 1. The molecule has 1 unspecified atom stereocenters. The standard InChI is InChI=1S/C22H40N6O.HI/c1-6-27-12-14-28(15-13-27)21-9-8-19(16-25-21)17-26-22(23-5)24-11-10-20(18(3)4)29-7-2;/h8-9,16,18,20H,6-7,10-15,17H2,1-5H3,(H2,23,24,26);1H. The van der Waals surface area contributed by atoms with E-state index >= 15 is 0 Å². The molecule has 172 valence electrons. The van der Waals surface area contributed by atoms with Gasteiger partial charge in [0.2, 0.25) is 0 Å². The number of likely N-dealkylation sites (N-methyl/N-ethyl adjacent to an activating group) is 1. The van der Waals surface area contributed by atoms with Crippen LogP contribution in [0.4, 0.5) is 5.82 Å². The van der Waals surface area contributed by atoms with E-state index in [0.29, 0.717) is 12.5 Å². The highest BCUT2D eigenvalue weighted by Crippen LogP contribution is 2.14. The maximum atomic E-state index is 5.81. The number of pyridine rings is 1. The summed E-state index contributed by atoms with van der Waals surface area (Å²) in [5.74, 6) is 2.40. The van der Waals surface area contributed by atoms with Crippen LogP contribution in [-0.4, -0.2) is 74.9 Å². The summed E-state index contributed by atoms with van der Waals surface area (Å²) < 4.78 is 5.81. The molecule has 2 rings (SSSR count). The molecule has 0 spiro atoms. The average Bonchev–Trinajstić information content (AvgIpc) is 2.75. The lowest BCUT2D eigenvalue weighted by atomic mass is 10.0. The van der Waals surface area contributed by atoms with Crippen molar-refractivity contribution in [2.75, 3.05) is 57.8 Å². The fourth-order valence-electron chi connectivity index (χ4n) is 3.56. The van der Waals surface area contributed by atoms with Crippen LogP contribution >= 0.6 is 24.0 Å². The third-order valence-corrected chi connectivity index (χ3v) is 5.48. The van der Waals surface area contributed by atoms with Gasteiger partial charge in [-0.1, -0.05) is 26.8 Å². The van der Waals surface area contributed by atoms with Gasteiger partial charge >= 0.3 is 0 Å². The zero-order valence-corrected chi connectivity index (χ0v) is 21.7. The maximum absolute atomic E-state index is 5.81. The van der Waals surface area contributed by atoms with E-state index in [4.69, 9.17) is 4.74 Å². The molecule has 1 aliphatic rings. The average molecular weight is 533 g/mol. The fraction of sp³-hybridized carbons (Fsp3) is 0.727. The van der Waals surface area contributed by atoms with Gasteiger partial charge in [0.15, 0.2) is 5.96 Å². The van der Waals surface area contributed by atoms with Crippen molar-refractivity contribution in [2.24, 2.45) is 10.9 Å². The van der Waals surface area contributed by atoms with Crippen molar-refractivity contribution < 1.29 is 4.74 Å². The first-order chi connectivity index (χ1) is 14.1. The SMILES string of the molecule is CCOC(CCNC(=NC)NCc1ccc(N2CCN(CC)CC2)nc1)C(C)C.I. The van der Waals surface area contributed by atoms with Gasteiger partial charge in [0, 0.05) is 59.1 Å². The molecule has 7 nitrogen and oxygen atoms in total. The van der Waals surface area contributed by atoms with Crippen LogP contribution in [0.3, 0.4) is 0 Å². The zero-order valence-electron chi connectivity index (χ0n) is 19.4. The van der Waals surface area contributed by atoms with Crippen LogP contribution in [0.25, 0.3) is 0 Å². The maximum Gasteiger partial charge on any atom is 0.191 e. The predicted octanol–water partition coefficient (Wildman–Crippen LogP) is 2.96. The van der Waals surface area contributed by atoms with Crippen molar-refractivity contribution in [1.29, 1.82) is 0 Å². The summed E-state index contributed by atoms with van der Waals surface area (Å²) in [4.78, 5) is 13.8. The second kappa shape index (κ2) is 14.8. The lowest BCUT2D eigenvalue weighted by molar-refractivity contribution is 0.0258. The lowest BCUT2D eigenvalue weighted by Crippen LogP contribution is -2.46. The van der Waals surface area contributed by atoms with E-state index in [-0.39, 0.29) is 30.1 Å². The van der Waals surface area contributed by atoms with E-state index in [9.17, 15) is 0 Å². The lowest BCUT2D eigenvalue weighted by Gasteiger charge is -2.34. The van der Waals surface area contributed by atoms with Crippen molar-refractivity contribution in [2.45, 2.75) is 46.8 Å². The molecule has 0 aromatic carbocycles. The number of piperazine rings is 1. The van der Waals surface area contributed by atoms with Crippen molar-refractivity contribution >= 4 is 35.8 Å². The molecular weight excluding hydrogens is 491 g/mol. The first-order valence-corrected chi connectivity index (χ1v) is 11.1. The number of anilines is 1. The van der Waals surface area contributed by atoms with Crippen LogP contribution in [0.2, 0.25) is 0 Å². The summed E-state index contributed by atoms with van der Waals surface area (Å²) in [6, 6.07) is 4.28. The summed E-state index contributed by atoms with van der Waals surface area (Å²) in [6.45, 7) is 16.4. The summed E-state index contributed by atoms with van der Waals surface area (Å²) in [6.07, 6.45) is 3.21. The Morgan fingerprint density at radius 3 is 2.43 bits per heavy atom. The quantitative estimate of drug-likeness (QED) is 0.275. The third kappa shape index (κ3) is 8.93. The van der Waals surface area contributed by atoms with Gasteiger partial charge in [-0.3, -0.25) is 4.99 Å². The van der Waals surface area contributed by atoms with Crippen LogP contribution in [0.1, 0.15) is 39.7 Å². The molecule has 1 aliphatic heterocycles. The van der Waals surface area contributed by atoms with Crippen LogP contribution in [0.15, 0.2) is 23.3 Å². The molecule has 8 heteroatoms. The molecule has 1 atom stereocenters. The summed E-state index contributed by atoms with van der Waals surface area (Å²) in [7, 11) is 1.80. The number of nitrogens with zero attached hydrogens (tertiary/aromatic N) is 4. The summed E-state index contributed by atoms with van der Waals surface area (Å²) in [5.41, 5.74) is 1.15. The van der Waals surface area contributed by atoms with Gasteiger partial charge in [0.25, 0.3) is 0 Å². The Kier molecular flexibility index (Phi) is 13.3. The van der Waals surface area contributed by atoms with Gasteiger partial charge in [-0.15, -0.1) is 24.0 Å². The smallest absolute Gasteiger partial charge is 0.191 e. The highest BCUT2D eigenvalue weighted by atomic mass is 127. The van der Waals surface area contributed by atoms with Gasteiger partial charge in [-0.25, -0.2) is 4.98 Å². The Morgan fingerprint density at radius 2 is 1.90 bits per heavy atom. The van der Waals surface area contributed by atoms with E-state index in [0.717, 1.165) is 69.6 Å². The molecule has 2 heterocycles. The molecule has 0 radical (unpaired) electrons. The van der Waals surface area contributed by atoms with E-state index in [1.807, 2.05) is 13.1 Å². The molecule has 1 aromatic rings. The summed E-state index contributed by atoms with van der Waals surface area (Å²) in [5, 5.41) is 6.75. The summed E-state index contributed by atoms with van der Waals surface area (Å²) >= 11 is 0. The molecule has 30 heavy (non-hydrogen) atoms. The molecule has 0 amide bonds. The van der Waals surface area contributed by atoms with Gasteiger partial charge < -0.3 is 25.2 Å². The minimum atomic E-state index is 0. The first kappa shape index (κ1) is 26.9. The monoisotopic (exact) mass is 532 g/mol. The van der Waals surface area contributed by atoms with Gasteiger partial charge in [0.1, 0.15) is 5.82 Å². The molecule has 1 saturated heterocycles. The zero-order chi connectivity index (χ0) is 21.1. The molecule has 0 aliphatic carbocycles. The number of hydrogen-bond donors (Lipinski definition) is 2. The van der Waals surface area contributed by atoms with Crippen LogP contribution in [0.5, 0.6) is 0 Å². The van der Waals surface area contributed by atoms with Crippen molar-refractivity contribution in [3.63, 3.8) is 0 Å². The van der Waals surface area contributed by atoms with E-state index in [1.54, 1.807) is 7.05 Å². The number of hydrogen-bond acceptors (Lipinski definition) is 5. The molecule has 1 fully saturated rings. The molecule has 2 N–H and O–H groups in total. The van der Waals surface area contributed by atoms with Crippen LogP contribution in [-0.2, 0) is 11.3 Å². The predicted molar refractivity (Wildman–Crippen MR) is 137 cm³/mol. The molecule has 0 bridgehead atoms. The highest BCUT2D eigenvalue weighted by Gasteiger charge is 2.16. The Morgan fingerprint density at radius 1 is 1.17 bits per heavy atom. The third-order valence-electron chi connectivity index (χ3n) is 5.48. The second-order valence-electron chi connectivity index (χ2n) is 7.82. The van der Waals surface area contributed by atoms with E-state index in [1.165, 1.54) is 0 Å². The van der Waals surface area contributed by atoms with Crippen molar-refractivity contribution in [3.8, 4) is 0 Å². The largest absolute Gasteiger partial charge is 0.378 e. The number of halogens is 1. The Balaban J connectivity index is 0.00000450. The number of aromatic nitrogens is 1. The van der Waals surface area contributed by atoms with Crippen LogP contribution < -0.4 is 15.5 Å². The number of ether oxygens (including phenoxy) is 1. The van der Waals surface area contributed by atoms with Gasteiger partial charge in [-0.05, 0) is 37.4 Å². The molecule has 0 saturated carbocycles. The number of rotatable bonds is 10. The van der Waals surface area contributed by atoms with Gasteiger partial charge in [0.05, 0.1) is 6.10 Å². The second-order valence-corrected chi connectivity index (χ2v) is 7.82. The van der Waals surface area contributed by atoms with Crippen LogP contribution in [0, 0.1) is 5.92 Å². The topological polar surface area (TPSA) is 65.0 Å². The van der Waals surface area contributed by atoms with E-state index < -0.39 is 0 Å². The highest BCUT2D eigenvalue weighted by molar-refractivity contribution is 14.0.